The molecule has 2 aromatic rings. The highest BCUT2D eigenvalue weighted by Crippen LogP contribution is 2.28. The van der Waals surface area contributed by atoms with Gasteiger partial charge < -0.3 is 10.2 Å². The van der Waals surface area contributed by atoms with E-state index < -0.39 is 28.5 Å². The number of anilines is 1. The van der Waals surface area contributed by atoms with Crippen LogP contribution in [0.15, 0.2) is 36.4 Å². The summed E-state index contributed by atoms with van der Waals surface area (Å²) in [6.07, 6.45) is 1.35. The lowest BCUT2D eigenvalue weighted by atomic mass is 10.1. The fraction of sp³-hybridized carbons (Fsp3) is 0.440. The van der Waals surface area contributed by atoms with E-state index in [0.29, 0.717) is 44.8 Å². The molecule has 7 nitrogen and oxygen atoms in total. The zero-order valence-corrected chi connectivity index (χ0v) is 24.1. The molecule has 0 saturated heterocycles. The standard InChI is InChI=1S/C25H32Cl3N3O4S/c1-6-22(25(33)29-13-16(2)3)30(14-18-8-10-20(27)21(28)11-18)24(32)15-31(36(5,34)35)23-12-19(26)9-7-17(23)4/h7-12,16,22H,6,13-15H2,1-5H3,(H,29,33)/t22-/m0/s1. The lowest BCUT2D eigenvalue weighted by Gasteiger charge is -2.33. The Bertz CT molecular complexity index is 1210. The number of nitrogens with one attached hydrogen (secondary N) is 1. The van der Waals surface area contributed by atoms with Gasteiger partial charge in [-0.25, -0.2) is 8.42 Å². The number of sulfonamides is 1. The van der Waals surface area contributed by atoms with Gasteiger partial charge in [0.05, 0.1) is 22.0 Å². The van der Waals surface area contributed by atoms with Crippen LogP contribution in [-0.2, 0) is 26.2 Å². The predicted molar refractivity (Wildman–Crippen MR) is 147 cm³/mol. The number of carbonyl (C=O) groups is 2. The molecule has 2 aromatic carbocycles. The van der Waals surface area contributed by atoms with E-state index >= 15 is 0 Å². The highest BCUT2D eigenvalue weighted by Gasteiger charge is 2.32. The van der Waals surface area contributed by atoms with Crippen LogP contribution in [0.4, 0.5) is 5.69 Å². The summed E-state index contributed by atoms with van der Waals surface area (Å²) in [4.78, 5) is 28.2. The van der Waals surface area contributed by atoms with Gasteiger partial charge in [0.2, 0.25) is 21.8 Å². The van der Waals surface area contributed by atoms with Gasteiger partial charge in [-0.15, -0.1) is 0 Å². The number of halogens is 3. The highest BCUT2D eigenvalue weighted by atomic mass is 35.5. The van der Waals surface area contributed by atoms with E-state index in [1.807, 2.05) is 13.8 Å². The van der Waals surface area contributed by atoms with Gasteiger partial charge in [0.1, 0.15) is 12.6 Å². The Labute approximate surface area is 228 Å². The Hall–Kier alpha value is -2.00. The molecule has 2 amide bonds. The molecule has 0 unspecified atom stereocenters. The van der Waals surface area contributed by atoms with Crippen molar-refractivity contribution < 1.29 is 18.0 Å². The highest BCUT2D eigenvalue weighted by molar-refractivity contribution is 7.92. The molecular weight excluding hydrogens is 545 g/mol. The van der Waals surface area contributed by atoms with Crippen molar-refractivity contribution in [1.82, 2.24) is 10.2 Å². The average molecular weight is 577 g/mol. The Morgan fingerprint density at radius 2 is 1.69 bits per heavy atom. The fourth-order valence-corrected chi connectivity index (χ4v) is 5.01. The zero-order valence-electron chi connectivity index (χ0n) is 21.0. The van der Waals surface area contributed by atoms with E-state index in [1.165, 1.54) is 11.0 Å². The minimum atomic E-state index is -3.86. The molecule has 198 valence electrons. The molecule has 0 aromatic heterocycles. The summed E-state index contributed by atoms with van der Waals surface area (Å²) in [5.74, 6) is -0.640. The van der Waals surface area contributed by atoms with E-state index in [9.17, 15) is 18.0 Å². The Kier molecular flexibility index (Phi) is 10.9. The predicted octanol–water partition coefficient (Wildman–Crippen LogP) is 5.30. The third kappa shape index (κ3) is 8.26. The van der Waals surface area contributed by atoms with Crippen LogP contribution in [0.25, 0.3) is 0 Å². The molecule has 1 atom stereocenters. The topological polar surface area (TPSA) is 86.8 Å². The third-order valence-corrected chi connectivity index (χ3v) is 7.63. The summed E-state index contributed by atoms with van der Waals surface area (Å²) in [5.41, 5.74) is 1.58. The summed E-state index contributed by atoms with van der Waals surface area (Å²) in [7, 11) is -3.86. The van der Waals surface area contributed by atoms with Crippen LogP contribution in [0.3, 0.4) is 0 Å². The number of carbonyl (C=O) groups excluding carboxylic acids is 2. The normalized spacial score (nSPS) is 12.4. The van der Waals surface area contributed by atoms with Gasteiger partial charge in [0, 0.05) is 18.1 Å². The van der Waals surface area contributed by atoms with Crippen LogP contribution < -0.4 is 9.62 Å². The molecule has 0 heterocycles. The molecule has 0 spiro atoms. The molecule has 0 saturated carbocycles. The van der Waals surface area contributed by atoms with E-state index in [1.54, 1.807) is 44.2 Å². The third-order valence-electron chi connectivity index (χ3n) is 5.53. The van der Waals surface area contributed by atoms with Crippen molar-refractivity contribution in [3.63, 3.8) is 0 Å². The number of rotatable bonds is 11. The summed E-state index contributed by atoms with van der Waals surface area (Å²) in [6.45, 7) is 7.45. The second kappa shape index (κ2) is 13.0. The van der Waals surface area contributed by atoms with E-state index in [4.69, 9.17) is 34.8 Å². The molecule has 0 aliphatic rings. The summed E-state index contributed by atoms with van der Waals surface area (Å²) < 4.78 is 26.5. The molecule has 0 fully saturated rings. The van der Waals surface area contributed by atoms with Crippen molar-refractivity contribution in [1.29, 1.82) is 0 Å². The SMILES string of the molecule is CC[C@@H](C(=O)NCC(C)C)N(Cc1ccc(Cl)c(Cl)c1)C(=O)CN(c1cc(Cl)ccc1C)S(C)(=O)=O. The van der Waals surface area contributed by atoms with Crippen LogP contribution >= 0.6 is 34.8 Å². The minimum absolute atomic E-state index is 0.0372. The largest absolute Gasteiger partial charge is 0.354 e. The van der Waals surface area contributed by atoms with E-state index in [0.717, 1.165) is 10.6 Å². The number of benzene rings is 2. The van der Waals surface area contributed by atoms with Gasteiger partial charge in [-0.2, -0.15) is 0 Å². The van der Waals surface area contributed by atoms with Crippen LogP contribution in [0.2, 0.25) is 15.1 Å². The van der Waals surface area contributed by atoms with Crippen molar-refractivity contribution >= 4 is 62.3 Å². The summed E-state index contributed by atoms with van der Waals surface area (Å²) in [6, 6.07) is 8.95. The van der Waals surface area contributed by atoms with Crippen molar-refractivity contribution in [2.24, 2.45) is 5.92 Å². The zero-order chi connectivity index (χ0) is 27.2. The van der Waals surface area contributed by atoms with E-state index in [-0.39, 0.29) is 18.4 Å². The summed E-state index contributed by atoms with van der Waals surface area (Å²) >= 11 is 18.4. The summed E-state index contributed by atoms with van der Waals surface area (Å²) in [5, 5.41) is 3.89. The minimum Gasteiger partial charge on any atom is -0.354 e. The van der Waals surface area contributed by atoms with Gasteiger partial charge in [-0.1, -0.05) is 67.7 Å². The number of hydrogen-bond acceptors (Lipinski definition) is 4. The Morgan fingerprint density at radius 1 is 1.03 bits per heavy atom. The molecule has 2 rings (SSSR count). The lowest BCUT2D eigenvalue weighted by Crippen LogP contribution is -2.52. The van der Waals surface area contributed by atoms with Crippen LogP contribution in [-0.4, -0.2) is 50.5 Å². The average Bonchev–Trinajstić information content (AvgIpc) is 2.79. The van der Waals surface area contributed by atoms with Gasteiger partial charge >= 0.3 is 0 Å². The van der Waals surface area contributed by atoms with Crippen molar-refractivity contribution in [2.75, 3.05) is 23.7 Å². The molecule has 0 aliphatic heterocycles. The van der Waals surface area contributed by atoms with Crippen LogP contribution in [0.5, 0.6) is 0 Å². The number of amides is 2. The fourth-order valence-electron chi connectivity index (χ4n) is 3.62. The molecular formula is C25H32Cl3N3O4S. The van der Waals surface area contributed by atoms with Crippen LogP contribution in [0.1, 0.15) is 38.3 Å². The van der Waals surface area contributed by atoms with Crippen molar-refractivity contribution in [3.8, 4) is 0 Å². The maximum atomic E-state index is 13.7. The second-order valence-electron chi connectivity index (χ2n) is 9.03. The first-order valence-electron chi connectivity index (χ1n) is 11.5. The first-order valence-corrected chi connectivity index (χ1v) is 14.5. The molecule has 11 heteroatoms. The van der Waals surface area contributed by atoms with Gasteiger partial charge in [0.15, 0.2) is 0 Å². The monoisotopic (exact) mass is 575 g/mol. The molecule has 36 heavy (non-hydrogen) atoms. The number of aryl methyl sites for hydroxylation is 1. The van der Waals surface area contributed by atoms with Crippen molar-refractivity contribution in [2.45, 2.75) is 46.7 Å². The first kappa shape index (κ1) is 30.2. The van der Waals surface area contributed by atoms with E-state index in [2.05, 4.69) is 5.32 Å². The maximum Gasteiger partial charge on any atom is 0.244 e. The molecule has 0 aliphatic carbocycles. The smallest absolute Gasteiger partial charge is 0.244 e. The maximum absolute atomic E-state index is 13.7. The molecule has 1 N–H and O–H groups in total. The Balaban J connectivity index is 2.49. The number of hydrogen-bond donors (Lipinski definition) is 1. The van der Waals surface area contributed by atoms with Gasteiger partial charge in [-0.05, 0) is 54.7 Å². The van der Waals surface area contributed by atoms with Gasteiger partial charge in [-0.3, -0.25) is 13.9 Å². The Morgan fingerprint density at radius 3 is 2.25 bits per heavy atom. The van der Waals surface area contributed by atoms with Crippen LogP contribution in [0, 0.1) is 12.8 Å². The molecule has 0 radical (unpaired) electrons. The second-order valence-corrected chi connectivity index (χ2v) is 12.2. The number of nitrogens with zero attached hydrogens (tertiary/aromatic N) is 2. The molecule has 0 bridgehead atoms. The lowest BCUT2D eigenvalue weighted by molar-refractivity contribution is -0.140. The van der Waals surface area contributed by atoms with Gasteiger partial charge in [0.25, 0.3) is 0 Å². The first-order chi connectivity index (χ1) is 16.7. The quantitative estimate of drug-likeness (QED) is 0.393. The van der Waals surface area contributed by atoms with Crippen molar-refractivity contribution in [3.05, 3.63) is 62.6 Å².